The summed E-state index contributed by atoms with van der Waals surface area (Å²) in [5.41, 5.74) is 0.647. The molecule has 1 aliphatic rings. The number of nitrogens with one attached hydrogen (secondary N) is 1. The van der Waals surface area contributed by atoms with Crippen LogP contribution in [0.1, 0.15) is 25.5 Å². The third-order valence-corrected chi connectivity index (χ3v) is 6.69. The van der Waals surface area contributed by atoms with Gasteiger partial charge in [0.1, 0.15) is 11.8 Å². The summed E-state index contributed by atoms with van der Waals surface area (Å²) in [6, 6.07) is 4.69. The Balaban J connectivity index is 1.72. The number of halogens is 5. The third kappa shape index (κ3) is 7.45. The second kappa shape index (κ2) is 12.7. The molecule has 1 N–H and O–H groups in total. The highest BCUT2D eigenvalue weighted by molar-refractivity contribution is 6.36. The molecule has 2 unspecified atom stereocenters. The van der Waals surface area contributed by atoms with E-state index < -0.39 is 42.0 Å². The van der Waals surface area contributed by atoms with E-state index in [2.05, 4.69) is 15.0 Å². The molecule has 2 heterocycles. The van der Waals surface area contributed by atoms with Gasteiger partial charge in [0.2, 0.25) is 12.0 Å². The minimum absolute atomic E-state index is 0.0290. The summed E-state index contributed by atoms with van der Waals surface area (Å²) in [5, 5.41) is 3.29. The van der Waals surface area contributed by atoms with Crippen molar-refractivity contribution < 1.29 is 37.0 Å². The van der Waals surface area contributed by atoms with Gasteiger partial charge in [0.05, 0.1) is 22.8 Å². The number of carbonyl (C=O) groups excluding carboxylic acids is 3. The maximum absolute atomic E-state index is 13.4. The minimum Gasteiger partial charge on any atom is -0.495 e. The first kappa shape index (κ1) is 30.3. The van der Waals surface area contributed by atoms with E-state index in [9.17, 15) is 27.6 Å². The van der Waals surface area contributed by atoms with Crippen LogP contribution in [0.3, 0.4) is 0 Å². The number of rotatable bonds is 8. The lowest BCUT2D eigenvalue weighted by Gasteiger charge is -2.38. The Bertz CT molecular complexity index is 1190. The molecule has 14 heteroatoms. The van der Waals surface area contributed by atoms with Crippen LogP contribution in [0.5, 0.6) is 5.75 Å². The molecule has 0 saturated carbocycles. The molecule has 9 nitrogen and oxygen atoms in total. The molecule has 0 radical (unpaired) electrons. The lowest BCUT2D eigenvalue weighted by atomic mass is 10.0. The van der Waals surface area contributed by atoms with Crippen molar-refractivity contribution in [3.05, 3.63) is 52.3 Å². The van der Waals surface area contributed by atoms with E-state index in [0.29, 0.717) is 34.6 Å². The van der Waals surface area contributed by atoms with Crippen LogP contribution in [0.15, 0.2) is 36.7 Å². The topological polar surface area (TPSA) is 101 Å². The molecule has 39 heavy (non-hydrogen) atoms. The number of esters is 1. The van der Waals surface area contributed by atoms with Crippen molar-refractivity contribution in [2.75, 3.05) is 38.2 Å². The lowest BCUT2D eigenvalue weighted by molar-refractivity contribution is -0.205. The smallest absolute Gasteiger partial charge is 0.490 e. The molecule has 1 aromatic heterocycles. The van der Waals surface area contributed by atoms with E-state index in [1.54, 1.807) is 30.9 Å². The van der Waals surface area contributed by atoms with Crippen LogP contribution in [0.4, 0.5) is 18.9 Å². The molecule has 1 aromatic carbocycles. The van der Waals surface area contributed by atoms with Crippen LogP contribution in [0.25, 0.3) is 0 Å². The maximum Gasteiger partial charge on any atom is 0.490 e. The van der Waals surface area contributed by atoms with Gasteiger partial charge in [-0.15, -0.1) is 0 Å². The standard InChI is InChI=1S/C25H27Cl2F3N4O5/c1-14(2)20(32-22(35)21(15-4-6-31-7-5-15)39-24(37)25(28,29)30)23(36)34-10-8-33(9-11-34)18-12-17(27)19(38-3)13-16(18)26/h4-7,12-14,20-21H,8-11H2,1-3H3,(H,32,35). The van der Waals surface area contributed by atoms with Crippen molar-refractivity contribution in [3.8, 4) is 5.75 Å². The number of alkyl halides is 3. The van der Waals surface area contributed by atoms with Gasteiger partial charge in [-0.05, 0) is 24.1 Å². The van der Waals surface area contributed by atoms with E-state index in [1.807, 2.05) is 4.90 Å². The lowest BCUT2D eigenvalue weighted by Crippen LogP contribution is -2.57. The van der Waals surface area contributed by atoms with Crippen molar-refractivity contribution >= 4 is 46.7 Å². The molecule has 0 spiro atoms. The normalized spacial score (nSPS) is 15.5. The molecule has 2 atom stereocenters. The highest BCUT2D eigenvalue weighted by Crippen LogP contribution is 2.36. The van der Waals surface area contributed by atoms with Crippen molar-refractivity contribution in [2.24, 2.45) is 5.92 Å². The monoisotopic (exact) mass is 590 g/mol. The molecule has 1 saturated heterocycles. The first-order valence-electron chi connectivity index (χ1n) is 11.9. The number of pyridine rings is 1. The van der Waals surface area contributed by atoms with E-state index in [0.717, 1.165) is 0 Å². The van der Waals surface area contributed by atoms with E-state index in [4.69, 9.17) is 27.9 Å². The van der Waals surface area contributed by atoms with E-state index >= 15 is 0 Å². The first-order valence-corrected chi connectivity index (χ1v) is 12.6. The van der Waals surface area contributed by atoms with Crippen molar-refractivity contribution in [1.29, 1.82) is 0 Å². The van der Waals surface area contributed by atoms with Gasteiger partial charge in [0.25, 0.3) is 5.91 Å². The minimum atomic E-state index is -5.31. The van der Waals surface area contributed by atoms with Crippen LogP contribution in [-0.4, -0.2) is 73.2 Å². The van der Waals surface area contributed by atoms with Gasteiger partial charge in [-0.25, -0.2) is 4.79 Å². The Hall–Kier alpha value is -3.25. The molecule has 2 aromatic rings. The fourth-order valence-electron chi connectivity index (χ4n) is 4.01. The molecular formula is C25H27Cl2F3N4O5. The zero-order valence-electron chi connectivity index (χ0n) is 21.3. The average Bonchev–Trinajstić information content (AvgIpc) is 2.90. The number of piperazine rings is 1. The fraction of sp³-hybridized carbons (Fsp3) is 0.440. The number of carbonyl (C=O) groups is 3. The molecule has 1 aliphatic heterocycles. The van der Waals surface area contributed by atoms with Gasteiger partial charge < -0.3 is 24.6 Å². The zero-order chi connectivity index (χ0) is 28.9. The number of benzene rings is 1. The Labute approximate surface area is 233 Å². The highest BCUT2D eigenvalue weighted by Gasteiger charge is 2.44. The van der Waals surface area contributed by atoms with Crippen LogP contribution in [-0.2, 0) is 19.1 Å². The van der Waals surface area contributed by atoms with Crippen LogP contribution >= 0.6 is 23.2 Å². The average molecular weight is 591 g/mol. The number of amides is 2. The number of ether oxygens (including phenoxy) is 2. The Morgan fingerprint density at radius 3 is 2.18 bits per heavy atom. The number of anilines is 1. The molecule has 1 fully saturated rings. The summed E-state index contributed by atoms with van der Waals surface area (Å²) in [4.78, 5) is 45.3. The third-order valence-electron chi connectivity index (χ3n) is 6.09. The highest BCUT2D eigenvalue weighted by atomic mass is 35.5. The molecule has 2 amide bonds. The SMILES string of the molecule is COc1cc(Cl)c(N2CCN(C(=O)C(NC(=O)C(OC(=O)C(F)(F)F)c3ccncc3)C(C)C)CC2)cc1Cl. The first-order chi connectivity index (χ1) is 18.3. The summed E-state index contributed by atoms with van der Waals surface area (Å²) >= 11 is 12.6. The van der Waals surface area contributed by atoms with Crippen molar-refractivity contribution in [2.45, 2.75) is 32.2 Å². The second-order valence-electron chi connectivity index (χ2n) is 9.04. The molecular weight excluding hydrogens is 564 g/mol. The van der Waals surface area contributed by atoms with E-state index in [1.165, 1.54) is 31.6 Å². The zero-order valence-corrected chi connectivity index (χ0v) is 22.8. The quantitative estimate of drug-likeness (QED) is 0.463. The largest absolute Gasteiger partial charge is 0.495 e. The number of methoxy groups -OCH3 is 1. The number of aromatic nitrogens is 1. The van der Waals surface area contributed by atoms with Gasteiger partial charge in [-0.1, -0.05) is 37.0 Å². The fourth-order valence-corrected chi connectivity index (χ4v) is 4.52. The van der Waals surface area contributed by atoms with Crippen LogP contribution < -0.4 is 15.0 Å². The van der Waals surface area contributed by atoms with Gasteiger partial charge in [-0.2, -0.15) is 13.2 Å². The summed E-state index contributed by atoms with van der Waals surface area (Å²) in [7, 11) is 1.48. The predicted molar refractivity (Wildman–Crippen MR) is 138 cm³/mol. The van der Waals surface area contributed by atoms with E-state index in [-0.39, 0.29) is 18.7 Å². The summed E-state index contributed by atoms with van der Waals surface area (Å²) in [6.07, 6.45) is -4.77. The van der Waals surface area contributed by atoms with Gasteiger partial charge in [0, 0.05) is 50.2 Å². The van der Waals surface area contributed by atoms with Gasteiger partial charge >= 0.3 is 12.1 Å². The Morgan fingerprint density at radius 2 is 1.64 bits per heavy atom. The Morgan fingerprint density at radius 1 is 1.03 bits per heavy atom. The molecule has 3 rings (SSSR count). The second-order valence-corrected chi connectivity index (χ2v) is 9.86. The summed E-state index contributed by atoms with van der Waals surface area (Å²) in [5.74, 6) is -4.01. The van der Waals surface area contributed by atoms with Gasteiger partial charge in [-0.3, -0.25) is 14.6 Å². The number of hydrogen-bond donors (Lipinski definition) is 1. The summed E-state index contributed by atoms with van der Waals surface area (Å²) in [6.45, 7) is 4.76. The summed E-state index contributed by atoms with van der Waals surface area (Å²) < 4.78 is 48.3. The predicted octanol–water partition coefficient (Wildman–Crippen LogP) is 4.03. The van der Waals surface area contributed by atoms with Crippen LogP contribution in [0.2, 0.25) is 10.0 Å². The van der Waals surface area contributed by atoms with Crippen LogP contribution in [0, 0.1) is 5.92 Å². The van der Waals surface area contributed by atoms with Crippen molar-refractivity contribution in [1.82, 2.24) is 15.2 Å². The number of hydrogen-bond acceptors (Lipinski definition) is 7. The molecule has 212 valence electrons. The van der Waals surface area contributed by atoms with Crippen molar-refractivity contribution in [3.63, 3.8) is 0 Å². The number of nitrogens with zero attached hydrogens (tertiary/aromatic N) is 3. The van der Waals surface area contributed by atoms with Gasteiger partial charge in [0.15, 0.2) is 0 Å². The Kier molecular flexibility index (Phi) is 9.89. The molecule has 0 bridgehead atoms. The molecule has 0 aliphatic carbocycles. The maximum atomic E-state index is 13.4.